The second kappa shape index (κ2) is 5.81. The van der Waals surface area contributed by atoms with E-state index in [4.69, 9.17) is 0 Å². The fraction of sp³-hybridized carbons (Fsp3) is 0.400. The number of rotatable bonds is 3. The average molecular weight is 348 g/mol. The van der Waals surface area contributed by atoms with Gasteiger partial charge in [0.1, 0.15) is 4.60 Å². The number of esters is 1. The van der Waals surface area contributed by atoms with Gasteiger partial charge in [-0.25, -0.2) is 18.6 Å². The van der Waals surface area contributed by atoms with Crippen LogP contribution in [0.15, 0.2) is 10.7 Å². The number of ether oxygens (including phenoxy) is 1. The zero-order chi connectivity index (χ0) is 14.8. The molecule has 1 heterocycles. The summed E-state index contributed by atoms with van der Waals surface area (Å²) in [7, 11) is 0. The normalized spacial score (nSPS) is 11.8. The lowest BCUT2D eigenvalue weighted by atomic mass is 10.1. The Bertz CT molecular complexity index is 490. The Labute approximate surface area is 112 Å². The second-order valence-corrected chi connectivity index (χ2v) is 4.09. The van der Waals surface area contributed by atoms with Crippen molar-refractivity contribution >= 4 is 21.9 Å². The Hall–Kier alpha value is -1.25. The highest BCUT2D eigenvalue weighted by atomic mass is 79.9. The minimum atomic E-state index is -5.10. The van der Waals surface area contributed by atoms with Crippen LogP contribution in [0.4, 0.5) is 22.0 Å². The van der Waals surface area contributed by atoms with Gasteiger partial charge >= 0.3 is 12.1 Å². The van der Waals surface area contributed by atoms with E-state index in [0.717, 1.165) is 6.07 Å². The van der Waals surface area contributed by atoms with Gasteiger partial charge in [-0.15, -0.1) is 0 Å². The molecule has 0 unspecified atom stereocenters. The summed E-state index contributed by atoms with van der Waals surface area (Å²) >= 11 is 2.64. The Balaban J connectivity index is 3.54. The summed E-state index contributed by atoms with van der Waals surface area (Å²) in [5.74, 6) is -1.26. The molecule has 1 aromatic rings. The number of hydrogen-bond acceptors (Lipinski definition) is 3. The first-order valence-electron chi connectivity index (χ1n) is 4.91. The first kappa shape index (κ1) is 15.8. The quantitative estimate of drug-likeness (QED) is 0.471. The minimum absolute atomic E-state index is 0.150. The molecule has 106 valence electrons. The molecule has 0 saturated carbocycles. The first-order chi connectivity index (χ1) is 8.68. The Kier molecular flexibility index (Phi) is 4.83. The molecular formula is C10H7BrF5NO2. The van der Waals surface area contributed by atoms with E-state index in [1.807, 2.05) is 0 Å². The molecule has 0 N–H and O–H groups in total. The van der Waals surface area contributed by atoms with Crippen molar-refractivity contribution in [3.8, 4) is 0 Å². The van der Waals surface area contributed by atoms with Crippen molar-refractivity contribution in [1.82, 2.24) is 4.98 Å². The third-order valence-electron chi connectivity index (χ3n) is 2.01. The molecular weight excluding hydrogens is 341 g/mol. The van der Waals surface area contributed by atoms with Crippen molar-refractivity contribution in [3.63, 3.8) is 0 Å². The van der Waals surface area contributed by atoms with Gasteiger partial charge in [0.05, 0.1) is 17.7 Å². The van der Waals surface area contributed by atoms with Crippen molar-refractivity contribution in [2.24, 2.45) is 0 Å². The van der Waals surface area contributed by atoms with E-state index in [-0.39, 0.29) is 11.2 Å². The number of nitrogens with zero attached hydrogens (tertiary/aromatic N) is 1. The summed E-state index contributed by atoms with van der Waals surface area (Å²) in [5.41, 5.74) is -4.14. The van der Waals surface area contributed by atoms with Crippen LogP contribution in [-0.2, 0) is 10.9 Å². The molecule has 1 rings (SSSR count). The predicted molar refractivity (Wildman–Crippen MR) is 57.9 cm³/mol. The van der Waals surface area contributed by atoms with Crippen LogP contribution in [0, 0.1) is 0 Å². The maximum absolute atomic E-state index is 12.8. The fourth-order valence-electron chi connectivity index (χ4n) is 1.34. The molecule has 3 nitrogen and oxygen atoms in total. The van der Waals surface area contributed by atoms with Gasteiger partial charge in [-0.1, -0.05) is 0 Å². The highest BCUT2D eigenvalue weighted by Crippen LogP contribution is 2.38. The SMILES string of the molecule is CCOC(=O)c1cc(Br)nc(C(F)(F)F)c1C(F)F. The lowest BCUT2D eigenvalue weighted by molar-refractivity contribution is -0.143. The van der Waals surface area contributed by atoms with E-state index in [1.54, 1.807) is 0 Å². The highest BCUT2D eigenvalue weighted by Gasteiger charge is 2.40. The van der Waals surface area contributed by atoms with Crippen LogP contribution in [0.2, 0.25) is 0 Å². The lowest BCUT2D eigenvalue weighted by Gasteiger charge is -2.15. The van der Waals surface area contributed by atoms with Gasteiger partial charge < -0.3 is 4.74 Å². The fourth-order valence-corrected chi connectivity index (χ4v) is 1.74. The van der Waals surface area contributed by atoms with Crippen LogP contribution in [0.25, 0.3) is 0 Å². The number of aromatic nitrogens is 1. The van der Waals surface area contributed by atoms with Crippen molar-refractivity contribution in [2.45, 2.75) is 19.5 Å². The van der Waals surface area contributed by atoms with E-state index < -0.39 is 35.4 Å². The van der Waals surface area contributed by atoms with Crippen LogP contribution in [0.3, 0.4) is 0 Å². The molecule has 9 heteroatoms. The second-order valence-electron chi connectivity index (χ2n) is 3.27. The maximum atomic E-state index is 12.8. The van der Waals surface area contributed by atoms with Crippen LogP contribution in [0.1, 0.15) is 35.0 Å². The molecule has 0 aliphatic heterocycles. The standard InChI is InChI=1S/C10H7BrF5NO2/c1-2-19-9(18)4-3-5(11)17-7(10(14,15)16)6(4)8(12)13/h3,8H,2H2,1H3. The molecule has 0 bridgehead atoms. The first-order valence-corrected chi connectivity index (χ1v) is 5.70. The Morgan fingerprint density at radius 3 is 2.47 bits per heavy atom. The highest BCUT2D eigenvalue weighted by molar-refractivity contribution is 9.10. The Morgan fingerprint density at radius 2 is 2.05 bits per heavy atom. The number of pyridine rings is 1. The number of hydrogen-bond donors (Lipinski definition) is 0. The van der Waals surface area contributed by atoms with E-state index >= 15 is 0 Å². The number of carbonyl (C=O) groups excluding carboxylic acids is 1. The molecule has 0 fully saturated rings. The van der Waals surface area contributed by atoms with Crippen LogP contribution in [-0.4, -0.2) is 17.6 Å². The van der Waals surface area contributed by atoms with Crippen LogP contribution < -0.4 is 0 Å². The van der Waals surface area contributed by atoms with Crippen LogP contribution in [0.5, 0.6) is 0 Å². The van der Waals surface area contributed by atoms with E-state index in [2.05, 4.69) is 25.7 Å². The molecule has 0 aliphatic carbocycles. The summed E-state index contributed by atoms with van der Waals surface area (Å²) in [6.07, 6.45) is -8.60. The van der Waals surface area contributed by atoms with Crippen molar-refractivity contribution < 1.29 is 31.5 Å². The molecule has 0 aromatic carbocycles. The number of carbonyl (C=O) groups is 1. The molecule has 0 saturated heterocycles. The smallest absolute Gasteiger partial charge is 0.433 e. The number of alkyl halides is 5. The average Bonchev–Trinajstić information content (AvgIpc) is 2.26. The van der Waals surface area contributed by atoms with Gasteiger partial charge in [0.15, 0.2) is 5.69 Å². The van der Waals surface area contributed by atoms with Gasteiger partial charge in [0.25, 0.3) is 6.43 Å². The topological polar surface area (TPSA) is 39.2 Å². The zero-order valence-corrected chi connectivity index (χ0v) is 11.0. The number of halogens is 6. The van der Waals surface area contributed by atoms with E-state index in [0.29, 0.717) is 0 Å². The summed E-state index contributed by atoms with van der Waals surface area (Å²) in [6.45, 7) is 1.25. The molecule has 0 atom stereocenters. The molecule has 0 spiro atoms. The molecule has 0 radical (unpaired) electrons. The van der Waals surface area contributed by atoms with E-state index in [1.165, 1.54) is 6.92 Å². The monoisotopic (exact) mass is 347 g/mol. The summed E-state index contributed by atoms with van der Waals surface area (Å²) in [5, 5.41) is 0. The van der Waals surface area contributed by atoms with Crippen molar-refractivity contribution in [3.05, 3.63) is 27.5 Å². The lowest BCUT2D eigenvalue weighted by Crippen LogP contribution is -2.18. The molecule has 0 amide bonds. The summed E-state index contributed by atoms with van der Waals surface area (Å²) in [6, 6.07) is 0.773. The summed E-state index contributed by atoms with van der Waals surface area (Å²) in [4.78, 5) is 14.4. The Morgan fingerprint density at radius 1 is 1.47 bits per heavy atom. The largest absolute Gasteiger partial charge is 0.462 e. The zero-order valence-electron chi connectivity index (χ0n) is 9.39. The maximum Gasteiger partial charge on any atom is 0.433 e. The predicted octanol–water partition coefficient (Wildman–Crippen LogP) is 3.98. The molecule has 19 heavy (non-hydrogen) atoms. The van der Waals surface area contributed by atoms with Gasteiger partial charge in [-0.2, -0.15) is 13.2 Å². The molecule has 1 aromatic heterocycles. The minimum Gasteiger partial charge on any atom is -0.462 e. The van der Waals surface area contributed by atoms with Gasteiger partial charge in [-0.3, -0.25) is 0 Å². The summed E-state index contributed by atoms with van der Waals surface area (Å²) < 4.78 is 67.6. The van der Waals surface area contributed by atoms with E-state index in [9.17, 15) is 26.7 Å². The van der Waals surface area contributed by atoms with Gasteiger partial charge in [0, 0.05) is 0 Å². The third kappa shape index (κ3) is 3.62. The van der Waals surface area contributed by atoms with Crippen LogP contribution >= 0.6 is 15.9 Å². The third-order valence-corrected chi connectivity index (χ3v) is 2.42. The van der Waals surface area contributed by atoms with Crippen molar-refractivity contribution in [2.75, 3.05) is 6.61 Å². The molecule has 0 aliphatic rings. The van der Waals surface area contributed by atoms with Gasteiger partial charge in [-0.05, 0) is 28.9 Å². The van der Waals surface area contributed by atoms with Crippen molar-refractivity contribution in [1.29, 1.82) is 0 Å². The van der Waals surface area contributed by atoms with Gasteiger partial charge in [0.2, 0.25) is 0 Å².